The third-order valence-electron chi connectivity index (χ3n) is 4.15. The molecule has 0 fully saturated rings. The number of anilines is 1. The van der Waals surface area contributed by atoms with Gasteiger partial charge in [-0.05, 0) is 19.1 Å². The van der Waals surface area contributed by atoms with Crippen LogP contribution in [0.1, 0.15) is 40.2 Å². The molecule has 2 heterocycles. The molecule has 2 aromatic heterocycles. The number of carbonyl (C=O) groups excluding carboxylic acids is 3. The molecule has 0 aliphatic carbocycles. The van der Waals surface area contributed by atoms with Gasteiger partial charge in [0.05, 0.1) is 6.61 Å². The molecule has 1 aromatic carbocycles. The number of ether oxygens (including phenoxy) is 1. The summed E-state index contributed by atoms with van der Waals surface area (Å²) in [6.45, 7) is 3.72. The van der Waals surface area contributed by atoms with Crippen LogP contribution < -0.4 is 10.6 Å². The highest BCUT2D eigenvalue weighted by atomic mass is 16.5. The Labute approximate surface area is 177 Å². The van der Waals surface area contributed by atoms with E-state index in [0.29, 0.717) is 22.8 Å². The Hall–Kier alpha value is -4.02. The molecule has 162 valence electrons. The first-order valence-corrected chi connectivity index (χ1v) is 9.56. The quantitative estimate of drug-likeness (QED) is 0.519. The van der Waals surface area contributed by atoms with Gasteiger partial charge >= 0.3 is 5.97 Å². The van der Waals surface area contributed by atoms with Crippen LogP contribution in [-0.2, 0) is 16.6 Å². The predicted octanol–water partition coefficient (Wildman–Crippen LogP) is 1.71. The van der Waals surface area contributed by atoms with E-state index in [1.165, 1.54) is 10.8 Å². The highest BCUT2D eigenvalue weighted by Gasteiger charge is 2.16. The van der Waals surface area contributed by atoms with E-state index in [0.717, 1.165) is 0 Å². The molecule has 2 amide bonds. The number of benzene rings is 1. The molecule has 11 nitrogen and oxygen atoms in total. The smallest absolute Gasteiger partial charge is 0.374 e. The lowest BCUT2D eigenvalue weighted by atomic mass is 10.1. The van der Waals surface area contributed by atoms with E-state index in [-0.39, 0.29) is 43.0 Å². The summed E-state index contributed by atoms with van der Waals surface area (Å²) in [4.78, 5) is 44.5. The van der Waals surface area contributed by atoms with Crippen LogP contribution in [0.5, 0.6) is 0 Å². The number of rotatable bonds is 8. The van der Waals surface area contributed by atoms with Gasteiger partial charge in [0, 0.05) is 44.3 Å². The largest absolute Gasteiger partial charge is 0.460 e. The summed E-state index contributed by atoms with van der Waals surface area (Å²) in [5.41, 5.74) is 1.05. The number of hydrogen-bond acceptors (Lipinski definition) is 8. The van der Waals surface area contributed by atoms with Crippen molar-refractivity contribution in [1.29, 1.82) is 0 Å². The van der Waals surface area contributed by atoms with Gasteiger partial charge in [0.15, 0.2) is 5.82 Å². The van der Waals surface area contributed by atoms with Crippen LogP contribution in [0.25, 0.3) is 11.4 Å². The first-order chi connectivity index (χ1) is 14.9. The topological polar surface area (TPSA) is 141 Å². The zero-order valence-corrected chi connectivity index (χ0v) is 17.3. The van der Waals surface area contributed by atoms with Crippen LogP contribution in [-0.4, -0.2) is 50.6 Å². The molecule has 0 saturated carbocycles. The molecule has 0 spiro atoms. The highest BCUT2D eigenvalue weighted by Crippen LogP contribution is 2.17. The van der Waals surface area contributed by atoms with Crippen LogP contribution in [0, 0.1) is 6.92 Å². The zero-order chi connectivity index (χ0) is 22.4. The molecule has 31 heavy (non-hydrogen) atoms. The van der Waals surface area contributed by atoms with Crippen molar-refractivity contribution in [2.24, 2.45) is 7.05 Å². The molecule has 0 saturated heterocycles. The molecule has 0 unspecified atom stereocenters. The maximum absolute atomic E-state index is 12.4. The van der Waals surface area contributed by atoms with Crippen molar-refractivity contribution < 1.29 is 23.6 Å². The maximum Gasteiger partial charge on any atom is 0.374 e. The highest BCUT2D eigenvalue weighted by molar-refractivity contribution is 5.96. The van der Waals surface area contributed by atoms with Crippen molar-refractivity contribution in [1.82, 2.24) is 25.0 Å². The second-order valence-electron chi connectivity index (χ2n) is 6.55. The van der Waals surface area contributed by atoms with Gasteiger partial charge in [0.1, 0.15) is 0 Å². The SMILES string of the molecule is CCOC(=O)c1nc(NC(=O)CCNC(=O)c2cccc(-c3noc(C)n3)c2)cn1C. The zero-order valence-electron chi connectivity index (χ0n) is 17.3. The lowest BCUT2D eigenvalue weighted by Gasteiger charge is -2.06. The minimum Gasteiger partial charge on any atom is -0.460 e. The molecular formula is C20H22N6O5. The molecule has 0 aliphatic heterocycles. The number of nitrogens with one attached hydrogen (secondary N) is 2. The Morgan fingerprint density at radius 2 is 2.03 bits per heavy atom. The van der Waals surface area contributed by atoms with Gasteiger partial charge in [0.25, 0.3) is 5.91 Å². The molecule has 3 aromatic rings. The van der Waals surface area contributed by atoms with Crippen LogP contribution in [0.15, 0.2) is 35.0 Å². The monoisotopic (exact) mass is 426 g/mol. The minimum atomic E-state index is -0.573. The number of nitrogens with zero attached hydrogens (tertiary/aromatic N) is 4. The normalized spacial score (nSPS) is 10.5. The summed E-state index contributed by atoms with van der Waals surface area (Å²) in [6.07, 6.45) is 1.54. The summed E-state index contributed by atoms with van der Waals surface area (Å²) >= 11 is 0. The van der Waals surface area contributed by atoms with Gasteiger partial charge in [-0.25, -0.2) is 9.78 Å². The fourth-order valence-electron chi connectivity index (χ4n) is 2.72. The van der Waals surface area contributed by atoms with Crippen molar-refractivity contribution >= 4 is 23.6 Å². The molecule has 0 aliphatic rings. The van der Waals surface area contributed by atoms with Gasteiger partial charge in [-0.15, -0.1) is 0 Å². The first-order valence-electron chi connectivity index (χ1n) is 9.56. The number of aromatic nitrogens is 4. The van der Waals surface area contributed by atoms with E-state index < -0.39 is 5.97 Å². The van der Waals surface area contributed by atoms with Gasteiger partial charge in [0.2, 0.25) is 23.4 Å². The Kier molecular flexibility index (Phi) is 6.75. The van der Waals surface area contributed by atoms with Gasteiger partial charge in [-0.2, -0.15) is 4.98 Å². The van der Waals surface area contributed by atoms with Crippen LogP contribution in [0.3, 0.4) is 0 Å². The molecule has 2 N–H and O–H groups in total. The predicted molar refractivity (Wildman–Crippen MR) is 109 cm³/mol. The number of aryl methyl sites for hydroxylation is 2. The van der Waals surface area contributed by atoms with Crippen molar-refractivity contribution in [3.8, 4) is 11.4 Å². The third-order valence-corrected chi connectivity index (χ3v) is 4.15. The Morgan fingerprint density at radius 3 is 2.74 bits per heavy atom. The molecule has 0 atom stereocenters. The Morgan fingerprint density at radius 1 is 1.23 bits per heavy atom. The summed E-state index contributed by atoms with van der Waals surface area (Å²) < 4.78 is 11.3. The second kappa shape index (κ2) is 9.65. The fraction of sp³-hybridized carbons (Fsp3) is 0.300. The Balaban J connectivity index is 1.51. The molecular weight excluding hydrogens is 404 g/mol. The average molecular weight is 426 g/mol. The Bertz CT molecular complexity index is 1100. The summed E-state index contributed by atoms with van der Waals surface area (Å²) in [5.74, 6) is -0.132. The lowest BCUT2D eigenvalue weighted by Crippen LogP contribution is -2.27. The van der Waals surface area contributed by atoms with Crippen molar-refractivity contribution in [3.05, 3.63) is 47.7 Å². The van der Waals surface area contributed by atoms with Crippen molar-refractivity contribution in [3.63, 3.8) is 0 Å². The molecule has 3 rings (SSSR count). The van der Waals surface area contributed by atoms with E-state index in [4.69, 9.17) is 9.26 Å². The molecule has 0 radical (unpaired) electrons. The molecule has 0 bridgehead atoms. The minimum absolute atomic E-state index is 0.0286. The van der Waals surface area contributed by atoms with Gasteiger partial charge < -0.3 is 24.5 Å². The summed E-state index contributed by atoms with van der Waals surface area (Å²) in [5, 5.41) is 9.11. The summed E-state index contributed by atoms with van der Waals surface area (Å²) in [6, 6.07) is 6.78. The van der Waals surface area contributed by atoms with Crippen molar-refractivity contribution in [2.45, 2.75) is 20.3 Å². The summed E-state index contributed by atoms with van der Waals surface area (Å²) in [7, 11) is 1.62. The number of imidazole rings is 1. The number of esters is 1. The van der Waals surface area contributed by atoms with E-state index >= 15 is 0 Å². The fourth-order valence-corrected chi connectivity index (χ4v) is 2.72. The van der Waals surface area contributed by atoms with Crippen LogP contribution in [0.4, 0.5) is 5.82 Å². The van der Waals surface area contributed by atoms with E-state index in [9.17, 15) is 14.4 Å². The third kappa shape index (κ3) is 5.53. The van der Waals surface area contributed by atoms with Crippen molar-refractivity contribution in [2.75, 3.05) is 18.5 Å². The van der Waals surface area contributed by atoms with E-state index in [2.05, 4.69) is 25.8 Å². The van der Waals surface area contributed by atoms with Crippen LogP contribution in [0.2, 0.25) is 0 Å². The molecule has 11 heteroatoms. The van der Waals surface area contributed by atoms with E-state index in [1.807, 2.05) is 0 Å². The van der Waals surface area contributed by atoms with E-state index in [1.54, 1.807) is 45.2 Å². The van der Waals surface area contributed by atoms with Gasteiger partial charge in [-0.1, -0.05) is 17.3 Å². The van der Waals surface area contributed by atoms with Gasteiger partial charge in [-0.3, -0.25) is 9.59 Å². The lowest BCUT2D eigenvalue weighted by molar-refractivity contribution is -0.116. The maximum atomic E-state index is 12.4. The second-order valence-corrected chi connectivity index (χ2v) is 6.55. The standard InChI is InChI=1S/C20H22N6O5/c1-4-30-20(29)18-24-15(11-26(18)3)23-16(27)8-9-21-19(28)14-7-5-6-13(10-14)17-22-12(2)31-25-17/h5-7,10-11H,4,8-9H2,1-3H3,(H,21,28)(H,23,27). The number of hydrogen-bond donors (Lipinski definition) is 2. The number of amides is 2. The number of carbonyl (C=O) groups is 3. The first kappa shape index (κ1) is 21.7. The average Bonchev–Trinajstić information content (AvgIpc) is 3.33. The van der Waals surface area contributed by atoms with Crippen LogP contribution >= 0.6 is 0 Å².